The maximum Gasteiger partial charge on any atom is 0.126 e. The summed E-state index contributed by atoms with van der Waals surface area (Å²) in [6.07, 6.45) is 3.72. The van der Waals surface area contributed by atoms with Crippen LogP contribution in [-0.2, 0) is 4.74 Å². The van der Waals surface area contributed by atoms with Crippen LogP contribution in [0.5, 0.6) is 0 Å². The minimum Gasteiger partial charge on any atom is -0.385 e. The van der Waals surface area contributed by atoms with Crippen molar-refractivity contribution in [1.29, 1.82) is 0 Å². The largest absolute Gasteiger partial charge is 0.385 e. The molecule has 0 aromatic heterocycles. The van der Waals surface area contributed by atoms with Gasteiger partial charge in [-0.05, 0) is 51.4 Å². The molecule has 0 spiro atoms. The quantitative estimate of drug-likeness (QED) is 0.786. The molecule has 1 aliphatic carbocycles. The third-order valence-electron chi connectivity index (χ3n) is 4.47. The zero-order valence-corrected chi connectivity index (χ0v) is 14.4. The normalized spacial score (nSPS) is 29.7. The van der Waals surface area contributed by atoms with Crippen LogP contribution in [0, 0.1) is 17.8 Å². The molecule has 0 aromatic carbocycles. The van der Waals surface area contributed by atoms with Gasteiger partial charge in [-0.3, -0.25) is 0 Å². The van der Waals surface area contributed by atoms with Gasteiger partial charge in [-0.15, -0.1) is 0 Å². The number of quaternary nitrogens is 1. The summed E-state index contributed by atoms with van der Waals surface area (Å²) in [5, 5.41) is 12.3. The van der Waals surface area contributed by atoms with Crippen LogP contribution < -0.4 is 5.32 Å². The maximum atomic E-state index is 10.1. The van der Waals surface area contributed by atoms with Gasteiger partial charge in [0.2, 0.25) is 0 Å². The molecule has 0 radical (unpaired) electrons. The third kappa shape index (κ3) is 6.55. The Kier molecular flexibility index (Phi) is 6.96. The van der Waals surface area contributed by atoms with Crippen LogP contribution >= 0.6 is 0 Å². The summed E-state index contributed by atoms with van der Waals surface area (Å²) in [5.74, 6) is 2.09. The Bertz CT molecular complexity index is 273. The molecule has 3 nitrogen and oxygen atoms in total. The molecule has 0 aliphatic heterocycles. The van der Waals surface area contributed by atoms with E-state index in [4.69, 9.17) is 4.74 Å². The molecule has 1 fully saturated rings. The summed E-state index contributed by atoms with van der Waals surface area (Å²) < 4.78 is 6.08. The Balaban J connectivity index is 2.37. The van der Waals surface area contributed by atoms with E-state index >= 15 is 0 Å². The molecule has 0 amide bonds. The van der Waals surface area contributed by atoms with E-state index in [1.807, 2.05) is 0 Å². The summed E-state index contributed by atoms with van der Waals surface area (Å²) in [6.45, 7) is 14.6. The predicted molar refractivity (Wildman–Crippen MR) is 83.6 cm³/mol. The summed E-state index contributed by atoms with van der Waals surface area (Å²) in [7, 11) is 0. The van der Waals surface area contributed by atoms with Crippen LogP contribution in [0.1, 0.15) is 60.8 Å². The van der Waals surface area contributed by atoms with Gasteiger partial charge in [-0.2, -0.15) is 0 Å². The van der Waals surface area contributed by atoms with Gasteiger partial charge in [0.25, 0.3) is 0 Å². The van der Waals surface area contributed by atoms with E-state index in [-0.39, 0.29) is 11.6 Å². The molecule has 120 valence electrons. The van der Waals surface area contributed by atoms with Crippen LogP contribution in [0.3, 0.4) is 0 Å². The number of nitrogens with two attached hydrogens (primary N) is 1. The highest BCUT2D eigenvalue weighted by molar-refractivity contribution is 4.81. The van der Waals surface area contributed by atoms with Crippen molar-refractivity contribution in [2.24, 2.45) is 17.8 Å². The zero-order valence-electron chi connectivity index (χ0n) is 14.4. The molecule has 1 rings (SSSR count). The fourth-order valence-electron chi connectivity index (χ4n) is 3.10. The number of hydrogen-bond acceptors (Lipinski definition) is 2. The molecule has 0 unspecified atom stereocenters. The van der Waals surface area contributed by atoms with Gasteiger partial charge in [0, 0.05) is 0 Å². The summed E-state index contributed by atoms with van der Waals surface area (Å²) >= 11 is 0. The molecule has 1 saturated carbocycles. The number of hydrogen-bond donors (Lipinski definition) is 2. The van der Waals surface area contributed by atoms with Crippen LogP contribution in [0.15, 0.2) is 0 Å². The van der Waals surface area contributed by atoms with Gasteiger partial charge < -0.3 is 15.2 Å². The minimum absolute atomic E-state index is 0.167. The number of ether oxygens (including phenoxy) is 1. The topological polar surface area (TPSA) is 46.1 Å². The fourth-order valence-corrected chi connectivity index (χ4v) is 3.10. The fraction of sp³-hybridized carbons (Fsp3) is 1.00. The molecule has 3 heteroatoms. The van der Waals surface area contributed by atoms with Crippen LogP contribution in [0.25, 0.3) is 0 Å². The first kappa shape index (κ1) is 17.9. The Morgan fingerprint density at radius 2 is 1.90 bits per heavy atom. The number of rotatable bonds is 6. The van der Waals surface area contributed by atoms with Crippen molar-refractivity contribution in [2.45, 2.75) is 78.6 Å². The molecule has 20 heavy (non-hydrogen) atoms. The average molecular weight is 286 g/mol. The maximum absolute atomic E-state index is 10.1. The first-order valence-corrected chi connectivity index (χ1v) is 8.33. The first-order chi connectivity index (χ1) is 9.19. The molecule has 0 saturated heterocycles. The van der Waals surface area contributed by atoms with Gasteiger partial charge in [-0.1, -0.05) is 27.2 Å². The molecule has 0 heterocycles. The van der Waals surface area contributed by atoms with Crippen molar-refractivity contribution >= 4 is 0 Å². The lowest BCUT2D eigenvalue weighted by Gasteiger charge is -2.37. The third-order valence-corrected chi connectivity index (χ3v) is 4.47. The minimum atomic E-state index is -0.362. The van der Waals surface area contributed by atoms with Crippen molar-refractivity contribution in [1.82, 2.24) is 0 Å². The van der Waals surface area contributed by atoms with E-state index in [1.165, 1.54) is 12.8 Å². The highest BCUT2D eigenvalue weighted by Crippen LogP contribution is 2.35. The number of aliphatic hydroxyl groups excluding tert-OH is 1. The predicted octanol–water partition coefficient (Wildman–Crippen LogP) is 2.19. The van der Waals surface area contributed by atoms with Gasteiger partial charge in [0.05, 0.1) is 18.2 Å². The Morgan fingerprint density at radius 1 is 1.25 bits per heavy atom. The van der Waals surface area contributed by atoms with Gasteiger partial charge in [0.15, 0.2) is 0 Å². The molecule has 4 atom stereocenters. The zero-order chi connectivity index (χ0) is 15.3. The molecular weight excluding hydrogens is 250 g/mol. The Hall–Kier alpha value is -0.120. The smallest absolute Gasteiger partial charge is 0.126 e. The van der Waals surface area contributed by atoms with Crippen LogP contribution in [0.4, 0.5) is 0 Å². The van der Waals surface area contributed by atoms with Crippen LogP contribution in [0.2, 0.25) is 0 Å². The average Bonchev–Trinajstić information content (AvgIpc) is 2.32. The summed E-state index contributed by atoms with van der Waals surface area (Å²) in [6, 6.07) is 0. The van der Waals surface area contributed by atoms with Gasteiger partial charge in [-0.25, -0.2) is 0 Å². The van der Waals surface area contributed by atoms with E-state index in [2.05, 4.69) is 46.9 Å². The first-order valence-electron chi connectivity index (χ1n) is 8.33. The summed E-state index contributed by atoms with van der Waals surface area (Å²) in [4.78, 5) is 0. The lowest BCUT2D eigenvalue weighted by Crippen LogP contribution is -2.96. The molecule has 0 aromatic rings. The second kappa shape index (κ2) is 7.77. The van der Waals surface area contributed by atoms with Gasteiger partial charge in [0.1, 0.15) is 12.6 Å². The molecule has 0 bridgehead atoms. The van der Waals surface area contributed by atoms with Crippen molar-refractivity contribution < 1.29 is 15.2 Å². The van der Waals surface area contributed by atoms with Crippen LogP contribution in [-0.4, -0.2) is 36.0 Å². The summed E-state index contributed by atoms with van der Waals surface area (Å²) in [5.41, 5.74) is 0.167. The van der Waals surface area contributed by atoms with E-state index < -0.39 is 0 Å². The van der Waals surface area contributed by atoms with Crippen molar-refractivity contribution in [3.63, 3.8) is 0 Å². The molecule has 1 aliphatic rings. The molecule has 3 N–H and O–H groups in total. The molecular formula is C17H36NO2+. The van der Waals surface area contributed by atoms with E-state index in [1.54, 1.807) is 0 Å². The lowest BCUT2D eigenvalue weighted by atomic mass is 9.75. The van der Waals surface area contributed by atoms with Crippen molar-refractivity contribution in [3.8, 4) is 0 Å². The Morgan fingerprint density at radius 3 is 2.45 bits per heavy atom. The van der Waals surface area contributed by atoms with E-state index in [9.17, 15) is 5.11 Å². The number of aliphatic hydroxyl groups is 1. The van der Waals surface area contributed by atoms with Crippen molar-refractivity contribution in [2.75, 3.05) is 13.2 Å². The van der Waals surface area contributed by atoms with Crippen molar-refractivity contribution in [3.05, 3.63) is 0 Å². The SMILES string of the molecule is CC(C)[C@H]1CC[C@@H](C)C[C@H]1OC[C@H](O)C[NH2+]C(C)(C)C. The lowest BCUT2D eigenvalue weighted by molar-refractivity contribution is -0.722. The second-order valence-corrected chi connectivity index (χ2v) is 8.16. The van der Waals surface area contributed by atoms with E-state index in [0.717, 1.165) is 18.9 Å². The highest BCUT2D eigenvalue weighted by atomic mass is 16.5. The highest BCUT2D eigenvalue weighted by Gasteiger charge is 2.31. The second-order valence-electron chi connectivity index (χ2n) is 8.16. The van der Waals surface area contributed by atoms with E-state index in [0.29, 0.717) is 24.5 Å². The van der Waals surface area contributed by atoms with Gasteiger partial charge >= 0.3 is 0 Å². The standard InChI is InChI=1S/C17H35NO2/c1-12(2)15-8-7-13(3)9-16(15)20-11-14(19)10-18-17(4,5)6/h12-16,18-19H,7-11H2,1-6H3/p+1/t13-,14-,15-,16-/m1/s1. The monoisotopic (exact) mass is 286 g/mol. The Labute approximate surface area is 125 Å².